The summed E-state index contributed by atoms with van der Waals surface area (Å²) in [4.78, 5) is 53.8. The van der Waals surface area contributed by atoms with Gasteiger partial charge in [0.15, 0.2) is 0 Å². The van der Waals surface area contributed by atoms with E-state index in [1.807, 2.05) is 19.1 Å². The average molecular weight is 420 g/mol. The van der Waals surface area contributed by atoms with Gasteiger partial charge < -0.3 is 9.64 Å². The maximum Gasteiger partial charge on any atom is 0.338 e. The van der Waals surface area contributed by atoms with Crippen LogP contribution in [0.5, 0.6) is 0 Å². The van der Waals surface area contributed by atoms with Crippen molar-refractivity contribution in [1.82, 2.24) is 4.90 Å². The molecule has 3 amide bonds. The highest BCUT2D eigenvalue weighted by Crippen LogP contribution is 2.35. The van der Waals surface area contributed by atoms with Crippen LogP contribution in [0.25, 0.3) is 0 Å². The van der Waals surface area contributed by atoms with Crippen molar-refractivity contribution >= 4 is 29.4 Å². The molecule has 2 aromatic rings. The van der Waals surface area contributed by atoms with E-state index in [9.17, 15) is 19.2 Å². The van der Waals surface area contributed by atoms with Crippen LogP contribution in [0.4, 0.5) is 5.69 Å². The lowest BCUT2D eigenvalue weighted by atomic mass is 10.1. The smallest absolute Gasteiger partial charge is 0.338 e. The average Bonchev–Trinajstić information content (AvgIpc) is 3.54. The van der Waals surface area contributed by atoms with E-state index in [2.05, 4.69) is 0 Å². The van der Waals surface area contributed by atoms with Gasteiger partial charge in [-0.3, -0.25) is 14.4 Å². The highest BCUT2D eigenvalue weighted by atomic mass is 16.5. The lowest BCUT2D eigenvalue weighted by Gasteiger charge is -2.28. The minimum atomic E-state index is -0.822. The Kier molecular flexibility index (Phi) is 5.59. The minimum absolute atomic E-state index is 0.0269. The number of rotatable bonds is 6. The number of aryl methyl sites for hydroxylation is 1. The first-order valence-corrected chi connectivity index (χ1v) is 10.4. The molecule has 31 heavy (non-hydrogen) atoms. The maximum absolute atomic E-state index is 13.2. The summed E-state index contributed by atoms with van der Waals surface area (Å²) in [5, 5.41) is 0. The Bertz CT molecular complexity index is 1040. The molecule has 0 spiro atoms. The van der Waals surface area contributed by atoms with Crippen LogP contribution in [0.3, 0.4) is 0 Å². The first-order chi connectivity index (χ1) is 14.9. The minimum Gasteiger partial charge on any atom is -0.462 e. The summed E-state index contributed by atoms with van der Waals surface area (Å²) in [5.74, 6) is -1.46. The van der Waals surface area contributed by atoms with Crippen molar-refractivity contribution in [1.29, 1.82) is 0 Å². The number of carbonyl (C=O) groups is 4. The fourth-order valence-electron chi connectivity index (χ4n) is 3.91. The SMILES string of the molecule is CCOC(=O)c1ccc(N2C(=O)CC(N(C(=O)c3cccc(C)c3)C3CC3)C2=O)cc1. The largest absolute Gasteiger partial charge is 0.462 e. The summed E-state index contributed by atoms with van der Waals surface area (Å²) in [6.07, 6.45) is 1.60. The summed E-state index contributed by atoms with van der Waals surface area (Å²) in [5.41, 5.74) is 2.20. The summed E-state index contributed by atoms with van der Waals surface area (Å²) >= 11 is 0. The van der Waals surface area contributed by atoms with Crippen LogP contribution >= 0.6 is 0 Å². The molecule has 1 heterocycles. The molecule has 1 aliphatic carbocycles. The highest BCUT2D eigenvalue weighted by molar-refractivity contribution is 6.23. The van der Waals surface area contributed by atoms with Gasteiger partial charge in [-0.25, -0.2) is 9.69 Å². The van der Waals surface area contributed by atoms with Gasteiger partial charge in [0.1, 0.15) is 6.04 Å². The van der Waals surface area contributed by atoms with Gasteiger partial charge in [0, 0.05) is 11.6 Å². The van der Waals surface area contributed by atoms with E-state index in [1.54, 1.807) is 36.1 Å². The third-order valence-electron chi connectivity index (χ3n) is 5.54. The maximum atomic E-state index is 13.2. The Morgan fingerprint density at radius 3 is 2.39 bits per heavy atom. The third-order valence-corrected chi connectivity index (χ3v) is 5.54. The number of benzene rings is 2. The van der Waals surface area contributed by atoms with Gasteiger partial charge in [-0.05, 0) is 63.1 Å². The number of ether oxygens (including phenoxy) is 1. The normalized spacial score (nSPS) is 18.3. The predicted molar refractivity (Wildman–Crippen MR) is 114 cm³/mol. The van der Waals surface area contributed by atoms with Crippen molar-refractivity contribution in [3.8, 4) is 0 Å². The zero-order valence-corrected chi connectivity index (χ0v) is 17.5. The van der Waals surface area contributed by atoms with Crippen LogP contribution in [0, 0.1) is 6.92 Å². The third kappa shape index (κ3) is 4.08. The number of amides is 3. The molecular weight excluding hydrogens is 396 g/mol. The van der Waals surface area contributed by atoms with Crippen LogP contribution in [-0.4, -0.2) is 47.3 Å². The number of hydrogen-bond donors (Lipinski definition) is 0. The van der Waals surface area contributed by atoms with E-state index >= 15 is 0 Å². The molecule has 0 N–H and O–H groups in total. The first-order valence-electron chi connectivity index (χ1n) is 10.4. The molecule has 1 saturated carbocycles. The molecule has 7 heteroatoms. The number of hydrogen-bond acceptors (Lipinski definition) is 5. The number of carbonyl (C=O) groups excluding carboxylic acids is 4. The number of anilines is 1. The second kappa shape index (κ2) is 8.34. The first kappa shape index (κ1) is 20.8. The van der Waals surface area contributed by atoms with Crippen molar-refractivity contribution in [3.63, 3.8) is 0 Å². The van der Waals surface area contributed by atoms with E-state index in [1.165, 1.54) is 12.1 Å². The van der Waals surface area contributed by atoms with E-state index in [0.29, 0.717) is 16.8 Å². The second-order valence-electron chi connectivity index (χ2n) is 7.87. The van der Waals surface area contributed by atoms with Crippen molar-refractivity contribution < 1.29 is 23.9 Å². The van der Waals surface area contributed by atoms with Gasteiger partial charge >= 0.3 is 5.97 Å². The summed E-state index contributed by atoms with van der Waals surface area (Å²) in [6, 6.07) is 12.6. The zero-order valence-electron chi connectivity index (χ0n) is 17.5. The molecule has 0 aromatic heterocycles. The molecule has 1 atom stereocenters. The quantitative estimate of drug-likeness (QED) is 0.530. The van der Waals surface area contributed by atoms with Gasteiger partial charge in [0.25, 0.3) is 11.8 Å². The molecule has 1 unspecified atom stereocenters. The lowest BCUT2D eigenvalue weighted by Crippen LogP contribution is -2.46. The molecular formula is C24H24N2O5. The van der Waals surface area contributed by atoms with Crippen LogP contribution in [0.2, 0.25) is 0 Å². The number of nitrogens with zero attached hydrogens (tertiary/aromatic N) is 2. The Morgan fingerprint density at radius 1 is 1.06 bits per heavy atom. The van der Waals surface area contributed by atoms with Crippen LogP contribution in [-0.2, 0) is 14.3 Å². The van der Waals surface area contributed by atoms with E-state index in [0.717, 1.165) is 23.3 Å². The summed E-state index contributed by atoms with van der Waals surface area (Å²) in [6.45, 7) is 3.89. The van der Waals surface area contributed by atoms with Gasteiger partial charge in [0.2, 0.25) is 5.91 Å². The fourth-order valence-corrected chi connectivity index (χ4v) is 3.91. The van der Waals surface area contributed by atoms with Crippen LogP contribution < -0.4 is 4.90 Å². The number of esters is 1. The Hall–Kier alpha value is -3.48. The molecule has 0 bridgehead atoms. The standard InChI is InChI=1S/C24H24N2O5/c1-3-31-24(30)16-7-9-19(10-8-16)26-21(27)14-20(23(26)29)25(18-11-12-18)22(28)17-6-4-5-15(2)13-17/h4-10,13,18,20H,3,11-12,14H2,1-2H3. The van der Waals surface area contributed by atoms with Crippen LogP contribution in [0.15, 0.2) is 48.5 Å². The van der Waals surface area contributed by atoms with Crippen molar-refractivity contribution in [3.05, 3.63) is 65.2 Å². The Balaban J connectivity index is 1.58. The fraction of sp³-hybridized carbons (Fsp3) is 0.333. The predicted octanol–water partition coefficient (Wildman–Crippen LogP) is 3.11. The van der Waals surface area contributed by atoms with Crippen molar-refractivity contribution in [2.24, 2.45) is 0 Å². The van der Waals surface area contributed by atoms with Gasteiger partial charge in [-0.2, -0.15) is 0 Å². The van der Waals surface area contributed by atoms with Gasteiger partial charge in [-0.15, -0.1) is 0 Å². The molecule has 1 aliphatic heterocycles. The Labute approximate surface area is 180 Å². The molecule has 2 aliphatic rings. The van der Waals surface area contributed by atoms with E-state index in [-0.39, 0.29) is 30.9 Å². The van der Waals surface area contributed by atoms with Gasteiger partial charge in [0.05, 0.1) is 24.3 Å². The summed E-state index contributed by atoms with van der Waals surface area (Å²) in [7, 11) is 0. The van der Waals surface area contributed by atoms with Crippen molar-refractivity contribution in [2.75, 3.05) is 11.5 Å². The van der Waals surface area contributed by atoms with E-state index < -0.39 is 17.9 Å². The molecule has 4 rings (SSSR count). The summed E-state index contributed by atoms with van der Waals surface area (Å²) < 4.78 is 4.96. The monoisotopic (exact) mass is 420 g/mol. The molecule has 7 nitrogen and oxygen atoms in total. The number of imide groups is 1. The highest BCUT2D eigenvalue weighted by Gasteiger charge is 2.48. The molecule has 2 fully saturated rings. The zero-order chi connectivity index (χ0) is 22.1. The Morgan fingerprint density at radius 2 is 1.77 bits per heavy atom. The molecule has 0 radical (unpaired) electrons. The van der Waals surface area contributed by atoms with Crippen LogP contribution in [0.1, 0.15) is 52.5 Å². The molecule has 1 saturated heterocycles. The van der Waals surface area contributed by atoms with Gasteiger partial charge in [-0.1, -0.05) is 17.7 Å². The molecule has 2 aromatic carbocycles. The van der Waals surface area contributed by atoms with Crippen molar-refractivity contribution in [2.45, 2.75) is 45.2 Å². The van der Waals surface area contributed by atoms with E-state index in [4.69, 9.17) is 4.74 Å². The second-order valence-corrected chi connectivity index (χ2v) is 7.87. The topological polar surface area (TPSA) is 84.0 Å². The molecule has 160 valence electrons. The lowest BCUT2D eigenvalue weighted by molar-refractivity contribution is -0.122.